The van der Waals surface area contributed by atoms with Crippen LogP contribution in [-0.4, -0.2) is 19.7 Å². The van der Waals surface area contributed by atoms with Gasteiger partial charge in [-0.2, -0.15) is 10.4 Å². The van der Waals surface area contributed by atoms with Gasteiger partial charge in [0, 0.05) is 11.8 Å². The van der Waals surface area contributed by atoms with Crippen molar-refractivity contribution >= 4 is 33.2 Å². The van der Waals surface area contributed by atoms with Crippen molar-refractivity contribution in [2.75, 3.05) is 0 Å². The second kappa shape index (κ2) is 6.88. The van der Waals surface area contributed by atoms with Gasteiger partial charge >= 0.3 is 0 Å². The Hall–Kier alpha value is -1.97. The van der Waals surface area contributed by atoms with E-state index < -0.39 is 0 Å². The Labute approximate surface area is 149 Å². The summed E-state index contributed by atoms with van der Waals surface area (Å²) in [6, 6.07) is 4.23. The number of halogens is 1. The highest BCUT2D eigenvalue weighted by atomic mass is 35.5. The number of nitriles is 1. The van der Waals surface area contributed by atoms with E-state index in [4.69, 9.17) is 11.6 Å². The average molecular weight is 360 g/mol. The topological polar surface area (TPSA) is 67.4 Å². The molecule has 0 aliphatic carbocycles. The van der Waals surface area contributed by atoms with Crippen molar-refractivity contribution in [3.8, 4) is 17.3 Å². The second-order valence-corrected chi connectivity index (χ2v) is 7.34. The van der Waals surface area contributed by atoms with Crippen LogP contribution in [0.4, 0.5) is 0 Å². The summed E-state index contributed by atoms with van der Waals surface area (Å²) in [6.07, 6.45) is 7.24. The SMILES string of the molecule is CCCCC(C)(CC#N)n1cc(-c2nc(Cl)nc3ccsc23)cn1. The summed E-state index contributed by atoms with van der Waals surface area (Å²) in [6.45, 7) is 4.23. The van der Waals surface area contributed by atoms with Crippen LogP contribution in [0.25, 0.3) is 21.5 Å². The zero-order valence-corrected chi connectivity index (χ0v) is 15.2. The van der Waals surface area contributed by atoms with Gasteiger partial charge in [-0.3, -0.25) is 4.68 Å². The molecule has 0 fully saturated rings. The van der Waals surface area contributed by atoms with Crippen LogP contribution in [0.3, 0.4) is 0 Å². The number of aromatic nitrogens is 4. The summed E-state index contributed by atoms with van der Waals surface area (Å²) in [5.74, 6) is 0. The summed E-state index contributed by atoms with van der Waals surface area (Å²) >= 11 is 7.64. The Bertz CT molecular complexity index is 894. The van der Waals surface area contributed by atoms with Crippen LogP contribution in [0.2, 0.25) is 5.28 Å². The van der Waals surface area contributed by atoms with Gasteiger partial charge in [-0.05, 0) is 36.4 Å². The Balaban J connectivity index is 2.03. The molecule has 0 aliphatic heterocycles. The van der Waals surface area contributed by atoms with E-state index in [0.717, 1.165) is 40.7 Å². The molecule has 3 aromatic rings. The number of thiophene rings is 1. The predicted octanol–water partition coefficient (Wildman–Crippen LogP) is 5.03. The first-order valence-corrected chi connectivity index (χ1v) is 9.16. The molecule has 5 nitrogen and oxygen atoms in total. The largest absolute Gasteiger partial charge is 0.265 e. The van der Waals surface area contributed by atoms with Crippen LogP contribution in [0.5, 0.6) is 0 Å². The van der Waals surface area contributed by atoms with Gasteiger partial charge in [-0.15, -0.1) is 11.3 Å². The Kier molecular flexibility index (Phi) is 4.83. The van der Waals surface area contributed by atoms with E-state index in [9.17, 15) is 5.26 Å². The van der Waals surface area contributed by atoms with Gasteiger partial charge in [-0.25, -0.2) is 9.97 Å². The van der Waals surface area contributed by atoms with E-state index >= 15 is 0 Å². The molecule has 0 saturated heterocycles. The van der Waals surface area contributed by atoms with Crippen molar-refractivity contribution in [3.05, 3.63) is 29.1 Å². The van der Waals surface area contributed by atoms with Crippen LogP contribution in [0.1, 0.15) is 39.5 Å². The number of nitrogens with zero attached hydrogens (tertiary/aromatic N) is 5. The van der Waals surface area contributed by atoms with Crippen molar-refractivity contribution in [1.82, 2.24) is 19.7 Å². The smallest absolute Gasteiger partial charge is 0.223 e. The molecular weight excluding hydrogens is 342 g/mol. The lowest BCUT2D eigenvalue weighted by atomic mass is 9.92. The zero-order chi connectivity index (χ0) is 17.2. The summed E-state index contributed by atoms with van der Waals surface area (Å²) in [5.41, 5.74) is 2.22. The minimum atomic E-state index is -0.311. The Morgan fingerprint density at radius 1 is 1.42 bits per heavy atom. The van der Waals surface area contributed by atoms with Crippen LogP contribution in [0.15, 0.2) is 23.8 Å². The number of rotatable bonds is 6. The van der Waals surface area contributed by atoms with E-state index in [0.29, 0.717) is 6.42 Å². The van der Waals surface area contributed by atoms with Crippen molar-refractivity contribution < 1.29 is 0 Å². The van der Waals surface area contributed by atoms with Crippen molar-refractivity contribution in [3.63, 3.8) is 0 Å². The third-order valence-electron chi connectivity index (χ3n) is 4.21. The maximum absolute atomic E-state index is 9.21. The molecule has 124 valence electrons. The second-order valence-electron chi connectivity index (χ2n) is 6.09. The molecule has 0 radical (unpaired) electrons. The molecule has 3 rings (SSSR count). The van der Waals surface area contributed by atoms with Crippen molar-refractivity contribution in [2.24, 2.45) is 0 Å². The fourth-order valence-electron chi connectivity index (χ4n) is 2.78. The quantitative estimate of drug-likeness (QED) is 0.579. The van der Waals surface area contributed by atoms with Gasteiger partial charge in [0.1, 0.15) is 0 Å². The molecule has 0 spiro atoms. The highest BCUT2D eigenvalue weighted by Gasteiger charge is 2.27. The molecule has 7 heteroatoms. The number of hydrogen-bond acceptors (Lipinski definition) is 5. The van der Waals surface area contributed by atoms with Crippen LogP contribution in [0, 0.1) is 11.3 Å². The third-order valence-corrected chi connectivity index (χ3v) is 5.29. The molecule has 0 bridgehead atoms. The van der Waals surface area contributed by atoms with Crippen molar-refractivity contribution in [1.29, 1.82) is 5.26 Å². The van der Waals surface area contributed by atoms with Gasteiger partial charge in [0.05, 0.1) is 40.1 Å². The standard InChI is InChI=1S/C17H18ClN5S/c1-3-4-6-17(2,7-8-19)23-11-12(10-20-23)14-15-13(5-9-24-15)21-16(18)22-14/h5,9-11H,3-4,6-7H2,1-2H3. The van der Waals surface area contributed by atoms with E-state index in [1.165, 1.54) is 0 Å². The summed E-state index contributed by atoms with van der Waals surface area (Å²) in [5, 5.41) is 15.9. The van der Waals surface area contributed by atoms with E-state index in [2.05, 4.69) is 35.0 Å². The normalized spacial score (nSPS) is 13.8. The summed E-state index contributed by atoms with van der Waals surface area (Å²) in [7, 11) is 0. The molecule has 24 heavy (non-hydrogen) atoms. The number of unbranched alkanes of at least 4 members (excludes halogenated alkanes) is 1. The lowest BCUT2D eigenvalue weighted by Crippen LogP contribution is -2.30. The fourth-order valence-corrected chi connectivity index (χ4v) is 3.80. The van der Waals surface area contributed by atoms with E-state index in [1.807, 2.05) is 22.3 Å². The van der Waals surface area contributed by atoms with Crippen LogP contribution >= 0.6 is 22.9 Å². The number of hydrogen-bond donors (Lipinski definition) is 0. The van der Waals surface area contributed by atoms with Crippen molar-refractivity contribution in [2.45, 2.75) is 45.1 Å². The summed E-state index contributed by atoms with van der Waals surface area (Å²) < 4.78 is 2.89. The minimum absolute atomic E-state index is 0.231. The van der Waals surface area contributed by atoms with E-state index in [1.54, 1.807) is 17.5 Å². The molecule has 1 unspecified atom stereocenters. The predicted molar refractivity (Wildman–Crippen MR) is 97.0 cm³/mol. The maximum Gasteiger partial charge on any atom is 0.223 e. The first-order valence-electron chi connectivity index (χ1n) is 7.90. The van der Waals surface area contributed by atoms with E-state index in [-0.39, 0.29) is 10.8 Å². The molecule has 0 N–H and O–H groups in total. The maximum atomic E-state index is 9.21. The Morgan fingerprint density at radius 3 is 3.00 bits per heavy atom. The molecule has 3 heterocycles. The Morgan fingerprint density at radius 2 is 2.25 bits per heavy atom. The third kappa shape index (κ3) is 3.14. The van der Waals surface area contributed by atoms with Crippen LogP contribution < -0.4 is 0 Å². The lowest BCUT2D eigenvalue weighted by molar-refractivity contribution is 0.262. The molecule has 0 aliphatic rings. The zero-order valence-electron chi connectivity index (χ0n) is 13.7. The number of fused-ring (bicyclic) bond motifs is 1. The first kappa shape index (κ1) is 16.9. The first-order chi connectivity index (χ1) is 11.6. The monoisotopic (exact) mass is 359 g/mol. The van der Waals surface area contributed by atoms with Gasteiger partial charge in [0.15, 0.2) is 0 Å². The highest BCUT2D eigenvalue weighted by Crippen LogP contribution is 2.33. The van der Waals surface area contributed by atoms with Crippen LogP contribution in [-0.2, 0) is 5.54 Å². The van der Waals surface area contributed by atoms with Gasteiger partial charge in [-0.1, -0.05) is 19.8 Å². The molecule has 1 atom stereocenters. The highest BCUT2D eigenvalue weighted by molar-refractivity contribution is 7.17. The minimum Gasteiger partial charge on any atom is -0.265 e. The molecule has 0 aromatic carbocycles. The molecular formula is C17H18ClN5S. The molecule has 3 aromatic heterocycles. The summed E-state index contributed by atoms with van der Waals surface area (Å²) in [4.78, 5) is 8.64. The molecule has 0 saturated carbocycles. The fraction of sp³-hybridized carbons (Fsp3) is 0.412. The molecule has 0 amide bonds. The lowest BCUT2D eigenvalue weighted by Gasteiger charge is -2.27. The van der Waals surface area contributed by atoms with Gasteiger partial charge in [0.2, 0.25) is 5.28 Å². The van der Waals surface area contributed by atoms with Gasteiger partial charge < -0.3 is 0 Å². The van der Waals surface area contributed by atoms with Gasteiger partial charge in [0.25, 0.3) is 0 Å². The average Bonchev–Trinajstić information content (AvgIpc) is 3.21.